The summed E-state index contributed by atoms with van der Waals surface area (Å²) in [6.45, 7) is 4.07. The smallest absolute Gasteiger partial charge is 0.206 e. The number of thiazole rings is 1. The molecule has 164 valence electrons. The minimum absolute atomic E-state index is 0.131. The Bertz CT molecular complexity index is 1130. The summed E-state index contributed by atoms with van der Waals surface area (Å²) in [5, 5.41) is 6.77. The van der Waals surface area contributed by atoms with Crippen LogP contribution in [0.5, 0.6) is 23.0 Å². The van der Waals surface area contributed by atoms with Crippen LogP contribution in [-0.4, -0.2) is 45.4 Å². The SMILES string of the molecule is COc1ccc(-c2csc(=NC(C)C)n2N=Cc2ccc(OC)c(OC)c2)c(OC)c1. The molecule has 0 radical (unpaired) electrons. The van der Waals surface area contributed by atoms with Crippen LogP contribution in [0.2, 0.25) is 0 Å². The quantitative estimate of drug-likeness (QED) is 0.485. The third kappa shape index (κ3) is 5.08. The highest BCUT2D eigenvalue weighted by molar-refractivity contribution is 7.07. The summed E-state index contributed by atoms with van der Waals surface area (Å²) in [5.74, 6) is 2.74. The van der Waals surface area contributed by atoms with E-state index in [0.717, 1.165) is 27.4 Å². The molecular weight excluding hydrogens is 414 g/mol. The van der Waals surface area contributed by atoms with Crippen molar-refractivity contribution in [2.45, 2.75) is 19.9 Å². The molecule has 0 saturated heterocycles. The van der Waals surface area contributed by atoms with Gasteiger partial charge in [-0.15, -0.1) is 11.3 Å². The molecule has 1 aromatic heterocycles. The molecule has 0 fully saturated rings. The molecule has 0 amide bonds. The van der Waals surface area contributed by atoms with E-state index in [1.54, 1.807) is 34.7 Å². The van der Waals surface area contributed by atoms with Crippen LogP contribution >= 0.6 is 11.3 Å². The number of aromatic nitrogens is 1. The monoisotopic (exact) mass is 441 g/mol. The zero-order chi connectivity index (χ0) is 22.4. The summed E-state index contributed by atoms with van der Waals surface area (Å²) in [7, 11) is 6.49. The molecule has 0 bridgehead atoms. The fourth-order valence-electron chi connectivity index (χ4n) is 2.97. The molecular formula is C23H27N3O4S. The Morgan fingerprint density at radius 2 is 1.61 bits per heavy atom. The van der Waals surface area contributed by atoms with E-state index >= 15 is 0 Å². The van der Waals surface area contributed by atoms with E-state index in [0.29, 0.717) is 17.2 Å². The average molecular weight is 442 g/mol. The van der Waals surface area contributed by atoms with E-state index in [1.807, 2.05) is 60.3 Å². The molecule has 0 aliphatic carbocycles. The second kappa shape index (κ2) is 10.2. The summed E-state index contributed by atoms with van der Waals surface area (Å²) in [6.07, 6.45) is 1.77. The second-order valence-corrected chi connectivity index (χ2v) is 7.70. The Hall–Kier alpha value is -3.26. The molecule has 8 heteroatoms. The molecule has 31 heavy (non-hydrogen) atoms. The van der Waals surface area contributed by atoms with Crippen LogP contribution in [0, 0.1) is 0 Å². The van der Waals surface area contributed by atoms with Gasteiger partial charge in [-0.3, -0.25) is 4.99 Å². The van der Waals surface area contributed by atoms with E-state index in [1.165, 1.54) is 11.3 Å². The van der Waals surface area contributed by atoms with Crippen LogP contribution < -0.4 is 23.7 Å². The highest BCUT2D eigenvalue weighted by Gasteiger charge is 2.14. The number of methoxy groups -OCH3 is 4. The number of hydrogen-bond acceptors (Lipinski definition) is 7. The summed E-state index contributed by atoms with van der Waals surface area (Å²) < 4.78 is 23.5. The molecule has 1 heterocycles. The Morgan fingerprint density at radius 3 is 2.26 bits per heavy atom. The van der Waals surface area contributed by atoms with Crippen LogP contribution in [0.15, 0.2) is 51.9 Å². The molecule has 0 aliphatic rings. The van der Waals surface area contributed by atoms with E-state index in [-0.39, 0.29) is 6.04 Å². The van der Waals surface area contributed by atoms with Crippen molar-refractivity contribution < 1.29 is 18.9 Å². The second-order valence-electron chi connectivity index (χ2n) is 6.86. The summed E-state index contributed by atoms with van der Waals surface area (Å²) in [6, 6.07) is 11.5. The van der Waals surface area contributed by atoms with Gasteiger partial charge >= 0.3 is 0 Å². The third-order valence-electron chi connectivity index (χ3n) is 4.47. The standard InChI is InChI=1S/C23H27N3O4S/c1-15(2)25-23-26(24-13-16-7-10-20(28-4)22(11-16)30-6)19(14-31-23)18-9-8-17(27-3)12-21(18)29-5/h7-15H,1-6H3. The Kier molecular flexibility index (Phi) is 7.36. The number of ether oxygens (including phenoxy) is 4. The van der Waals surface area contributed by atoms with Crippen molar-refractivity contribution in [3.05, 3.63) is 52.1 Å². The van der Waals surface area contributed by atoms with Crippen molar-refractivity contribution in [1.82, 2.24) is 4.68 Å². The van der Waals surface area contributed by atoms with Gasteiger partial charge < -0.3 is 18.9 Å². The number of benzene rings is 2. The van der Waals surface area contributed by atoms with Gasteiger partial charge in [-0.1, -0.05) is 0 Å². The number of rotatable bonds is 8. The highest BCUT2D eigenvalue weighted by Crippen LogP contribution is 2.33. The first-order valence-electron chi connectivity index (χ1n) is 9.73. The van der Waals surface area contributed by atoms with Crippen molar-refractivity contribution >= 4 is 17.6 Å². The predicted octanol–water partition coefficient (Wildman–Crippen LogP) is 4.44. The van der Waals surface area contributed by atoms with Crippen molar-refractivity contribution in [2.24, 2.45) is 10.1 Å². The summed E-state index contributed by atoms with van der Waals surface area (Å²) in [4.78, 5) is 5.52. The first kappa shape index (κ1) is 22.4. The molecule has 0 spiro atoms. The molecule has 2 aromatic carbocycles. The molecule has 0 unspecified atom stereocenters. The fourth-order valence-corrected chi connectivity index (χ4v) is 3.94. The van der Waals surface area contributed by atoms with Crippen molar-refractivity contribution in [3.63, 3.8) is 0 Å². The zero-order valence-electron chi connectivity index (χ0n) is 18.6. The maximum Gasteiger partial charge on any atom is 0.206 e. The maximum atomic E-state index is 5.60. The topological polar surface area (TPSA) is 66.6 Å². The summed E-state index contributed by atoms with van der Waals surface area (Å²) in [5.41, 5.74) is 2.65. The lowest BCUT2D eigenvalue weighted by molar-refractivity contribution is 0.355. The fraction of sp³-hybridized carbons (Fsp3) is 0.304. The number of hydrogen-bond donors (Lipinski definition) is 0. The van der Waals surface area contributed by atoms with Gasteiger partial charge in [0, 0.05) is 23.1 Å². The van der Waals surface area contributed by atoms with E-state index < -0.39 is 0 Å². The molecule has 3 rings (SSSR count). The van der Waals surface area contributed by atoms with E-state index in [2.05, 4.69) is 0 Å². The van der Waals surface area contributed by atoms with Crippen LogP contribution in [0.25, 0.3) is 11.3 Å². The van der Waals surface area contributed by atoms with Gasteiger partial charge in [-0.2, -0.15) is 5.10 Å². The average Bonchev–Trinajstić information content (AvgIpc) is 3.18. The van der Waals surface area contributed by atoms with Crippen molar-refractivity contribution in [1.29, 1.82) is 0 Å². The lowest BCUT2D eigenvalue weighted by Crippen LogP contribution is -2.14. The predicted molar refractivity (Wildman–Crippen MR) is 124 cm³/mol. The van der Waals surface area contributed by atoms with E-state index in [9.17, 15) is 0 Å². The third-order valence-corrected chi connectivity index (χ3v) is 5.30. The van der Waals surface area contributed by atoms with Crippen molar-refractivity contribution in [2.75, 3.05) is 28.4 Å². The van der Waals surface area contributed by atoms with Crippen molar-refractivity contribution in [3.8, 4) is 34.3 Å². The van der Waals surface area contributed by atoms with Gasteiger partial charge in [0.2, 0.25) is 4.80 Å². The van der Waals surface area contributed by atoms with Gasteiger partial charge in [-0.05, 0) is 49.7 Å². The van der Waals surface area contributed by atoms with Crippen LogP contribution in [-0.2, 0) is 0 Å². The van der Waals surface area contributed by atoms with E-state index in [4.69, 9.17) is 29.0 Å². The van der Waals surface area contributed by atoms with Gasteiger partial charge in [0.25, 0.3) is 0 Å². The van der Waals surface area contributed by atoms with Gasteiger partial charge in [0.05, 0.1) is 40.3 Å². The number of nitrogens with zero attached hydrogens (tertiary/aromatic N) is 3. The van der Waals surface area contributed by atoms with Crippen LogP contribution in [0.3, 0.4) is 0 Å². The molecule has 0 atom stereocenters. The first-order valence-corrected chi connectivity index (χ1v) is 10.6. The molecule has 0 aliphatic heterocycles. The van der Waals surface area contributed by atoms with Gasteiger partial charge in [0.15, 0.2) is 11.5 Å². The normalized spacial score (nSPS) is 11.9. The molecule has 0 saturated carbocycles. The largest absolute Gasteiger partial charge is 0.497 e. The van der Waals surface area contributed by atoms with Gasteiger partial charge in [-0.25, -0.2) is 4.68 Å². The minimum atomic E-state index is 0.131. The van der Waals surface area contributed by atoms with Crippen LogP contribution in [0.4, 0.5) is 0 Å². The maximum absolute atomic E-state index is 5.60. The lowest BCUT2D eigenvalue weighted by Gasteiger charge is -2.11. The molecule has 7 nitrogen and oxygen atoms in total. The van der Waals surface area contributed by atoms with Crippen LogP contribution in [0.1, 0.15) is 19.4 Å². The highest BCUT2D eigenvalue weighted by atomic mass is 32.1. The Labute approximate surface area is 186 Å². The summed E-state index contributed by atoms with van der Waals surface area (Å²) >= 11 is 1.53. The first-order chi connectivity index (χ1) is 15.0. The minimum Gasteiger partial charge on any atom is -0.497 e. The molecule has 3 aromatic rings. The Morgan fingerprint density at radius 1 is 0.871 bits per heavy atom. The Balaban J connectivity index is 2.12. The molecule has 0 N–H and O–H groups in total. The zero-order valence-corrected chi connectivity index (χ0v) is 19.4. The lowest BCUT2D eigenvalue weighted by atomic mass is 10.1. The van der Waals surface area contributed by atoms with Gasteiger partial charge in [0.1, 0.15) is 11.5 Å².